The van der Waals surface area contributed by atoms with Crippen molar-refractivity contribution in [3.8, 4) is 0 Å². The van der Waals surface area contributed by atoms with Gasteiger partial charge in [-0.15, -0.1) is 0 Å². The van der Waals surface area contributed by atoms with Crippen LogP contribution in [-0.4, -0.2) is 40.6 Å². The number of halogens is 1. The number of fused-ring (bicyclic) bond motifs is 1. The number of nitrogens with zero attached hydrogens (tertiary/aromatic N) is 3. The van der Waals surface area contributed by atoms with E-state index in [0.717, 1.165) is 5.56 Å². The molecule has 0 bridgehead atoms. The topological polar surface area (TPSA) is 56.6 Å². The molecule has 0 spiro atoms. The van der Waals surface area contributed by atoms with Crippen LogP contribution >= 0.6 is 0 Å². The van der Waals surface area contributed by atoms with Crippen molar-refractivity contribution in [1.82, 2.24) is 9.78 Å². The van der Waals surface area contributed by atoms with Gasteiger partial charge in [0.1, 0.15) is 11.5 Å². The Kier molecular flexibility index (Phi) is 3.98. The highest BCUT2D eigenvalue weighted by Crippen LogP contribution is 2.36. The number of carbonyl (C=O) groups excluding carboxylic acids is 1. The lowest BCUT2D eigenvalue weighted by molar-refractivity contribution is 0.00578. The van der Waals surface area contributed by atoms with Crippen molar-refractivity contribution >= 4 is 24.2 Å². The first kappa shape index (κ1) is 18.2. The molecule has 0 atom stereocenters. The van der Waals surface area contributed by atoms with Gasteiger partial charge in [0.15, 0.2) is 0 Å². The number of carbonyl (C=O) groups is 1. The lowest BCUT2D eigenvalue weighted by Crippen LogP contribution is -2.42. The molecule has 1 fully saturated rings. The Labute approximate surface area is 158 Å². The normalized spacial score (nSPS) is 20.9. The first-order chi connectivity index (χ1) is 12.6. The van der Waals surface area contributed by atoms with Crippen molar-refractivity contribution in [2.45, 2.75) is 52.4 Å². The predicted octanol–water partition coefficient (Wildman–Crippen LogP) is 2.29. The summed E-state index contributed by atoms with van der Waals surface area (Å²) < 4.78 is 28.6. The van der Waals surface area contributed by atoms with E-state index in [-0.39, 0.29) is 11.6 Å². The summed E-state index contributed by atoms with van der Waals surface area (Å²) in [5.74, 6) is -0.709. The van der Waals surface area contributed by atoms with Gasteiger partial charge in [0.05, 0.1) is 29.6 Å². The maximum Gasteiger partial charge on any atom is 0.494 e. The number of amides is 1. The Hall–Kier alpha value is -2.19. The number of benzene rings is 1. The number of hydrogen-bond donors (Lipinski definition) is 0. The van der Waals surface area contributed by atoms with E-state index in [4.69, 9.17) is 9.31 Å². The second kappa shape index (κ2) is 5.91. The molecule has 0 aliphatic carbocycles. The molecular weight excluding hydrogens is 348 g/mol. The lowest BCUT2D eigenvalue weighted by Gasteiger charge is -2.32. The molecule has 3 heterocycles. The van der Waals surface area contributed by atoms with Crippen LogP contribution < -0.4 is 10.4 Å². The van der Waals surface area contributed by atoms with Gasteiger partial charge in [-0.3, -0.25) is 9.48 Å². The molecule has 27 heavy (non-hydrogen) atoms. The summed E-state index contributed by atoms with van der Waals surface area (Å²) in [6.45, 7) is 10.6. The molecule has 2 aromatic rings. The van der Waals surface area contributed by atoms with E-state index in [1.807, 2.05) is 34.6 Å². The summed E-state index contributed by atoms with van der Waals surface area (Å²) in [6.07, 6.45) is 1.66. The van der Waals surface area contributed by atoms with E-state index in [1.54, 1.807) is 23.0 Å². The van der Waals surface area contributed by atoms with Crippen LogP contribution in [0, 0.1) is 12.7 Å². The molecule has 4 rings (SSSR count). The van der Waals surface area contributed by atoms with Crippen LogP contribution in [0.1, 0.15) is 43.7 Å². The number of rotatable bonds is 2. The highest BCUT2D eigenvalue weighted by atomic mass is 19.1. The van der Waals surface area contributed by atoms with E-state index in [9.17, 15) is 9.18 Å². The van der Waals surface area contributed by atoms with Gasteiger partial charge >= 0.3 is 7.12 Å². The zero-order valence-electron chi connectivity index (χ0n) is 16.2. The second-order valence-electron chi connectivity index (χ2n) is 8.16. The van der Waals surface area contributed by atoms with E-state index in [2.05, 4.69) is 5.10 Å². The summed E-state index contributed by atoms with van der Waals surface area (Å²) in [7, 11) is -0.640. The third-order valence-electron chi connectivity index (χ3n) is 5.79. The summed E-state index contributed by atoms with van der Waals surface area (Å²) in [6, 6.07) is 4.77. The quantitative estimate of drug-likeness (QED) is 0.761. The molecular formula is C19H23BFN3O3. The summed E-state index contributed by atoms with van der Waals surface area (Å²) in [5.41, 5.74) is 1.17. The van der Waals surface area contributed by atoms with Crippen molar-refractivity contribution in [2.24, 2.45) is 0 Å². The fourth-order valence-electron chi connectivity index (χ4n) is 3.45. The molecule has 0 saturated carbocycles. The largest absolute Gasteiger partial charge is 0.494 e. The summed E-state index contributed by atoms with van der Waals surface area (Å²) in [4.78, 5) is 14.3. The lowest BCUT2D eigenvalue weighted by atomic mass is 9.79. The number of aryl methyl sites for hydroxylation is 1. The SMILES string of the molecule is Cc1cnn2c1C(=O)N(c1ccc(B3OC(C)(C)C(C)(C)O3)cc1F)CC2. The maximum absolute atomic E-state index is 14.9. The number of anilines is 1. The van der Waals surface area contributed by atoms with Crippen LogP contribution in [0.2, 0.25) is 0 Å². The van der Waals surface area contributed by atoms with Gasteiger partial charge in [0, 0.05) is 12.1 Å². The Morgan fingerprint density at radius 2 is 1.81 bits per heavy atom. The third-order valence-corrected chi connectivity index (χ3v) is 5.79. The van der Waals surface area contributed by atoms with Crippen LogP contribution in [0.25, 0.3) is 0 Å². The minimum absolute atomic E-state index is 0.237. The summed E-state index contributed by atoms with van der Waals surface area (Å²) >= 11 is 0. The molecule has 1 saturated heterocycles. The Balaban J connectivity index is 1.62. The molecule has 1 aromatic carbocycles. The third kappa shape index (κ3) is 2.78. The molecule has 142 valence electrons. The average molecular weight is 371 g/mol. The first-order valence-electron chi connectivity index (χ1n) is 9.10. The van der Waals surface area contributed by atoms with Crippen molar-refractivity contribution in [3.05, 3.63) is 41.5 Å². The monoisotopic (exact) mass is 371 g/mol. The first-order valence-corrected chi connectivity index (χ1v) is 9.10. The van der Waals surface area contributed by atoms with Gasteiger partial charge in [-0.25, -0.2) is 4.39 Å². The molecule has 8 heteroatoms. The number of hydrogen-bond acceptors (Lipinski definition) is 4. The van der Waals surface area contributed by atoms with Gasteiger partial charge in [-0.2, -0.15) is 5.10 Å². The smallest absolute Gasteiger partial charge is 0.399 e. The van der Waals surface area contributed by atoms with Crippen molar-refractivity contribution in [1.29, 1.82) is 0 Å². The van der Waals surface area contributed by atoms with Gasteiger partial charge < -0.3 is 14.2 Å². The van der Waals surface area contributed by atoms with E-state index in [1.165, 1.54) is 11.0 Å². The van der Waals surface area contributed by atoms with E-state index in [0.29, 0.717) is 24.2 Å². The van der Waals surface area contributed by atoms with Crippen LogP contribution in [0.4, 0.5) is 10.1 Å². The van der Waals surface area contributed by atoms with Crippen molar-refractivity contribution in [3.63, 3.8) is 0 Å². The molecule has 0 radical (unpaired) electrons. The molecule has 1 amide bonds. The fourth-order valence-corrected chi connectivity index (χ4v) is 3.45. The maximum atomic E-state index is 14.9. The minimum Gasteiger partial charge on any atom is -0.399 e. The summed E-state index contributed by atoms with van der Waals surface area (Å²) in [5, 5.41) is 4.19. The van der Waals surface area contributed by atoms with Crippen LogP contribution in [0.5, 0.6) is 0 Å². The molecule has 2 aliphatic heterocycles. The molecule has 0 unspecified atom stereocenters. The highest BCUT2D eigenvalue weighted by molar-refractivity contribution is 6.62. The zero-order chi connectivity index (χ0) is 19.6. The molecule has 1 aromatic heterocycles. The van der Waals surface area contributed by atoms with Crippen LogP contribution in [0.15, 0.2) is 24.4 Å². The Bertz CT molecular complexity index is 909. The highest BCUT2D eigenvalue weighted by Gasteiger charge is 2.51. The van der Waals surface area contributed by atoms with Gasteiger partial charge in [-0.1, -0.05) is 6.07 Å². The van der Waals surface area contributed by atoms with E-state index < -0.39 is 24.1 Å². The molecule has 0 N–H and O–H groups in total. The van der Waals surface area contributed by atoms with Gasteiger partial charge in [0.25, 0.3) is 5.91 Å². The van der Waals surface area contributed by atoms with Crippen LogP contribution in [0.3, 0.4) is 0 Å². The average Bonchev–Trinajstić information content (AvgIpc) is 3.06. The second-order valence-corrected chi connectivity index (χ2v) is 8.16. The Morgan fingerprint density at radius 3 is 2.44 bits per heavy atom. The van der Waals surface area contributed by atoms with Crippen LogP contribution in [-0.2, 0) is 15.9 Å². The molecule has 2 aliphatic rings. The zero-order valence-corrected chi connectivity index (χ0v) is 16.2. The molecule has 6 nitrogen and oxygen atoms in total. The predicted molar refractivity (Wildman–Crippen MR) is 101 cm³/mol. The Morgan fingerprint density at radius 1 is 1.15 bits per heavy atom. The fraction of sp³-hybridized carbons (Fsp3) is 0.474. The standard InChI is InChI=1S/C19H23BFN3O3/c1-12-11-22-24-9-8-23(17(25)16(12)24)15-7-6-13(10-14(15)21)20-26-18(2,3)19(4,5)27-20/h6-7,10-11H,8-9H2,1-5H3. The van der Waals surface area contributed by atoms with Gasteiger partial charge in [0.2, 0.25) is 0 Å². The van der Waals surface area contributed by atoms with Crippen molar-refractivity contribution < 1.29 is 18.5 Å². The van der Waals surface area contributed by atoms with Crippen molar-refractivity contribution in [2.75, 3.05) is 11.4 Å². The van der Waals surface area contributed by atoms with E-state index >= 15 is 0 Å². The van der Waals surface area contributed by atoms with Gasteiger partial charge in [-0.05, 0) is 52.2 Å². The number of aromatic nitrogens is 2. The minimum atomic E-state index is -0.640.